The van der Waals surface area contributed by atoms with Gasteiger partial charge in [0.2, 0.25) is 5.76 Å². The van der Waals surface area contributed by atoms with E-state index >= 15 is 0 Å². The van der Waals surface area contributed by atoms with Gasteiger partial charge in [-0.2, -0.15) is 13.2 Å². The summed E-state index contributed by atoms with van der Waals surface area (Å²) in [6.45, 7) is 4.99. The molecular weight excluding hydrogens is 808 g/mol. The number of carboxylic acids is 2. The first-order valence-corrected chi connectivity index (χ1v) is 18.8. The van der Waals surface area contributed by atoms with Crippen LogP contribution in [0.1, 0.15) is 33.8 Å². The summed E-state index contributed by atoms with van der Waals surface area (Å²) in [5.74, 6) is 0.172. The third-order valence-electron chi connectivity index (χ3n) is 8.13. The predicted octanol–water partition coefficient (Wildman–Crippen LogP) is 11.9. The summed E-state index contributed by atoms with van der Waals surface area (Å²) < 4.78 is 67.5. The van der Waals surface area contributed by atoms with Crippen LogP contribution in [0.5, 0.6) is 17.2 Å². The highest BCUT2D eigenvalue weighted by Crippen LogP contribution is 2.40. The molecule has 15 heteroatoms. The average Bonchev–Trinajstić information content (AvgIpc) is 3.77. The molecule has 0 spiro atoms. The SMILES string of the molecule is Cc1cc(OCc2cc(-c3ccc(Cl)cc3)oc2C)ccc1OCC(=O)O.Cc1cc(SCc2cc(-c3ccc(Cl)cc3)oc2C(F)(F)F)ccc1OCC(=O)O. The molecule has 6 rings (SSSR count). The van der Waals surface area contributed by atoms with Crippen LogP contribution in [0.2, 0.25) is 10.0 Å². The van der Waals surface area contributed by atoms with Gasteiger partial charge in [-0.05, 0) is 129 Å². The molecule has 2 heterocycles. The molecule has 0 bridgehead atoms. The van der Waals surface area contributed by atoms with Gasteiger partial charge >= 0.3 is 18.1 Å². The van der Waals surface area contributed by atoms with Crippen LogP contribution in [-0.2, 0) is 28.1 Å². The number of aliphatic carboxylic acids is 2. The Bertz CT molecular complexity index is 2320. The van der Waals surface area contributed by atoms with E-state index in [4.69, 9.17) is 56.5 Å². The molecule has 0 aliphatic rings. The van der Waals surface area contributed by atoms with Crippen LogP contribution in [0.4, 0.5) is 13.2 Å². The van der Waals surface area contributed by atoms with Crippen LogP contribution in [-0.4, -0.2) is 35.4 Å². The van der Waals surface area contributed by atoms with E-state index in [0.717, 1.165) is 33.1 Å². The lowest BCUT2D eigenvalue weighted by molar-refractivity contribution is -0.153. The number of aryl methyl sites for hydroxylation is 3. The van der Waals surface area contributed by atoms with E-state index in [1.165, 1.54) is 17.8 Å². The molecule has 0 atom stereocenters. The van der Waals surface area contributed by atoms with Gasteiger partial charge in [0.1, 0.15) is 41.1 Å². The Kier molecular flexibility index (Phi) is 14.3. The summed E-state index contributed by atoms with van der Waals surface area (Å²) >= 11 is 13.0. The molecule has 2 aromatic heterocycles. The molecule has 4 aromatic carbocycles. The van der Waals surface area contributed by atoms with Gasteiger partial charge < -0.3 is 33.3 Å². The highest BCUT2D eigenvalue weighted by molar-refractivity contribution is 7.98. The molecule has 0 radical (unpaired) electrons. The van der Waals surface area contributed by atoms with Crippen LogP contribution < -0.4 is 14.2 Å². The summed E-state index contributed by atoms with van der Waals surface area (Å²) in [5.41, 5.74) is 3.91. The first kappa shape index (κ1) is 42.6. The standard InChI is InChI=1S/C21H16ClF3O4S.C21H19ClO5/c1-12-8-16(6-7-17(12)28-10-19(26)27)30-11-14-9-18(29-20(14)21(23,24)25)13-2-4-15(22)5-3-13;1-13-9-18(7-8-19(13)26-12-21(23)24)25-11-16-10-20(27-14(16)2)15-3-5-17(22)6-4-15/h2-9H,10-11H2,1H3,(H,26,27);3-10H,11-12H2,1-2H3,(H,23,24). The zero-order valence-electron chi connectivity index (χ0n) is 30.6. The van der Waals surface area contributed by atoms with Gasteiger partial charge in [0.15, 0.2) is 13.2 Å². The minimum Gasteiger partial charge on any atom is -0.489 e. The second-order valence-electron chi connectivity index (χ2n) is 12.5. The first-order valence-electron chi connectivity index (χ1n) is 17.0. The second kappa shape index (κ2) is 19.1. The maximum Gasteiger partial charge on any atom is 0.449 e. The van der Waals surface area contributed by atoms with Gasteiger partial charge in [0.05, 0.1) is 0 Å². The molecule has 298 valence electrons. The molecule has 0 saturated carbocycles. The van der Waals surface area contributed by atoms with Crippen LogP contribution in [0, 0.1) is 20.8 Å². The third kappa shape index (κ3) is 12.2. The van der Waals surface area contributed by atoms with Crippen LogP contribution in [0.25, 0.3) is 22.6 Å². The normalized spacial score (nSPS) is 11.1. The summed E-state index contributed by atoms with van der Waals surface area (Å²) in [6.07, 6.45) is -4.62. The predicted molar refractivity (Wildman–Crippen MR) is 211 cm³/mol. The van der Waals surface area contributed by atoms with Crippen molar-refractivity contribution >= 4 is 46.9 Å². The number of rotatable bonds is 14. The monoisotopic (exact) mass is 842 g/mol. The number of hydrogen-bond donors (Lipinski definition) is 2. The molecule has 9 nitrogen and oxygen atoms in total. The average molecular weight is 844 g/mol. The molecular formula is C42H35Cl2F3O9S. The summed E-state index contributed by atoms with van der Waals surface area (Å²) in [6, 6.07) is 27.4. The van der Waals surface area contributed by atoms with Crippen molar-refractivity contribution in [2.75, 3.05) is 13.2 Å². The van der Waals surface area contributed by atoms with Gasteiger partial charge in [-0.3, -0.25) is 0 Å². The van der Waals surface area contributed by atoms with E-state index in [1.54, 1.807) is 61.5 Å². The number of carbonyl (C=O) groups is 2. The minimum absolute atomic E-state index is 0.0290. The Morgan fingerprint density at radius 3 is 1.68 bits per heavy atom. The zero-order valence-corrected chi connectivity index (χ0v) is 32.9. The molecule has 0 aliphatic heterocycles. The van der Waals surface area contributed by atoms with Gasteiger partial charge in [-0.15, -0.1) is 11.8 Å². The highest BCUT2D eigenvalue weighted by atomic mass is 35.5. The fourth-order valence-corrected chi connectivity index (χ4v) is 6.51. The number of carboxylic acid groups (broad SMARTS) is 2. The Morgan fingerprint density at radius 1 is 0.667 bits per heavy atom. The summed E-state index contributed by atoms with van der Waals surface area (Å²) in [7, 11) is 0. The van der Waals surface area contributed by atoms with E-state index in [0.29, 0.717) is 45.0 Å². The number of halogens is 5. The van der Waals surface area contributed by atoms with E-state index < -0.39 is 30.5 Å². The molecule has 0 aliphatic carbocycles. The number of ether oxygens (including phenoxy) is 3. The minimum atomic E-state index is -4.62. The van der Waals surface area contributed by atoms with E-state index in [1.807, 2.05) is 50.2 Å². The topological polar surface area (TPSA) is 129 Å². The van der Waals surface area contributed by atoms with Crippen molar-refractivity contribution in [1.82, 2.24) is 0 Å². The van der Waals surface area contributed by atoms with Crippen molar-refractivity contribution in [3.8, 4) is 39.9 Å². The van der Waals surface area contributed by atoms with Crippen molar-refractivity contribution in [3.63, 3.8) is 0 Å². The number of furan rings is 2. The molecule has 0 unspecified atom stereocenters. The number of hydrogen-bond acceptors (Lipinski definition) is 8. The largest absolute Gasteiger partial charge is 0.489 e. The lowest BCUT2D eigenvalue weighted by Gasteiger charge is -2.10. The molecule has 0 fully saturated rings. The van der Waals surface area contributed by atoms with Crippen LogP contribution in [0.3, 0.4) is 0 Å². The van der Waals surface area contributed by atoms with Gasteiger partial charge in [0, 0.05) is 42.9 Å². The first-order chi connectivity index (χ1) is 27.0. The van der Waals surface area contributed by atoms with Crippen molar-refractivity contribution in [2.24, 2.45) is 0 Å². The third-order valence-corrected chi connectivity index (χ3v) is 9.67. The fraction of sp³-hybridized carbons (Fsp3) is 0.190. The Balaban J connectivity index is 0.000000219. The second-order valence-corrected chi connectivity index (χ2v) is 14.4. The maximum absolute atomic E-state index is 13.4. The van der Waals surface area contributed by atoms with E-state index in [9.17, 15) is 22.8 Å². The van der Waals surface area contributed by atoms with E-state index in [-0.39, 0.29) is 23.7 Å². The lowest BCUT2D eigenvalue weighted by atomic mass is 10.1. The smallest absolute Gasteiger partial charge is 0.449 e. The molecule has 0 saturated heterocycles. The highest BCUT2D eigenvalue weighted by Gasteiger charge is 2.38. The number of benzene rings is 4. The zero-order chi connectivity index (χ0) is 41.3. The summed E-state index contributed by atoms with van der Waals surface area (Å²) in [5, 5.41) is 18.5. The van der Waals surface area contributed by atoms with Crippen LogP contribution >= 0.6 is 35.0 Å². The lowest BCUT2D eigenvalue weighted by Crippen LogP contribution is -2.10. The quantitative estimate of drug-likeness (QED) is 0.102. The van der Waals surface area contributed by atoms with Gasteiger partial charge in [-0.1, -0.05) is 23.2 Å². The summed E-state index contributed by atoms with van der Waals surface area (Å²) in [4.78, 5) is 21.9. The van der Waals surface area contributed by atoms with Crippen molar-refractivity contribution in [3.05, 3.63) is 141 Å². The number of thioether (sulfide) groups is 1. The van der Waals surface area contributed by atoms with Crippen molar-refractivity contribution in [2.45, 2.75) is 44.2 Å². The molecule has 2 N–H and O–H groups in total. The van der Waals surface area contributed by atoms with E-state index in [2.05, 4.69) is 0 Å². The Hall–Kier alpha value is -5.50. The Labute approximate surface area is 339 Å². The van der Waals surface area contributed by atoms with Gasteiger partial charge in [-0.25, -0.2) is 9.59 Å². The fourth-order valence-electron chi connectivity index (χ4n) is 5.30. The van der Waals surface area contributed by atoms with Gasteiger partial charge in [0.25, 0.3) is 0 Å². The molecule has 6 aromatic rings. The van der Waals surface area contributed by atoms with Crippen LogP contribution in [0.15, 0.2) is 111 Å². The van der Waals surface area contributed by atoms with Crippen molar-refractivity contribution < 1.29 is 56.0 Å². The Morgan fingerprint density at radius 2 is 1.18 bits per heavy atom. The molecule has 57 heavy (non-hydrogen) atoms. The molecule has 0 amide bonds. The maximum atomic E-state index is 13.4. The number of alkyl halides is 3. The van der Waals surface area contributed by atoms with Crippen molar-refractivity contribution in [1.29, 1.82) is 0 Å².